The van der Waals surface area contributed by atoms with Crippen molar-refractivity contribution in [2.24, 2.45) is 0 Å². The molecule has 0 radical (unpaired) electrons. The fourth-order valence-electron chi connectivity index (χ4n) is 2.72. The second kappa shape index (κ2) is 5.26. The van der Waals surface area contributed by atoms with E-state index in [1.165, 1.54) is 17.7 Å². The molecular formula is C16H14BrF2N. The predicted molar refractivity (Wildman–Crippen MR) is 78.8 cm³/mol. The SMILES string of the molecule is Fc1ccc(CC2(c3cccc(Br)c3)CNC2)cc1F. The first-order chi connectivity index (χ1) is 9.59. The Bertz CT molecular complexity index is 638. The summed E-state index contributed by atoms with van der Waals surface area (Å²) in [5.41, 5.74) is 2.01. The lowest BCUT2D eigenvalue weighted by Gasteiger charge is -2.43. The van der Waals surface area contributed by atoms with Crippen LogP contribution in [0, 0.1) is 11.6 Å². The van der Waals surface area contributed by atoms with Crippen molar-refractivity contribution < 1.29 is 8.78 Å². The Morgan fingerprint density at radius 1 is 1.05 bits per heavy atom. The number of hydrogen-bond donors (Lipinski definition) is 1. The summed E-state index contributed by atoms with van der Waals surface area (Å²) in [6.45, 7) is 1.70. The maximum Gasteiger partial charge on any atom is 0.159 e. The van der Waals surface area contributed by atoms with Gasteiger partial charge in [-0.1, -0.05) is 34.1 Å². The standard InChI is InChI=1S/C16H14BrF2N/c17-13-3-1-2-12(7-13)16(9-20-10-16)8-11-4-5-14(18)15(19)6-11/h1-7,20H,8-10H2. The molecule has 0 aromatic heterocycles. The largest absolute Gasteiger partial charge is 0.315 e. The van der Waals surface area contributed by atoms with Crippen molar-refractivity contribution in [2.75, 3.05) is 13.1 Å². The molecule has 1 aliphatic heterocycles. The number of rotatable bonds is 3. The van der Waals surface area contributed by atoms with E-state index in [4.69, 9.17) is 0 Å². The third-order valence-corrected chi connectivity index (χ3v) is 4.38. The van der Waals surface area contributed by atoms with Gasteiger partial charge in [0.2, 0.25) is 0 Å². The van der Waals surface area contributed by atoms with E-state index in [1.807, 2.05) is 12.1 Å². The molecule has 2 aromatic carbocycles. The van der Waals surface area contributed by atoms with E-state index in [1.54, 1.807) is 6.07 Å². The summed E-state index contributed by atoms with van der Waals surface area (Å²) in [7, 11) is 0. The van der Waals surface area contributed by atoms with Gasteiger partial charge in [0, 0.05) is 23.0 Å². The molecule has 1 aliphatic rings. The summed E-state index contributed by atoms with van der Waals surface area (Å²) in [6.07, 6.45) is 0.702. The van der Waals surface area contributed by atoms with E-state index in [-0.39, 0.29) is 5.41 Å². The second-order valence-electron chi connectivity index (χ2n) is 5.32. The Morgan fingerprint density at radius 2 is 1.85 bits per heavy atom. The maximum absolute atomic E-state index is 13.3. The van der Waals surface area contributed by atoms with E-state index in [9.17, 15) is 8.78 Å². The molecule has 0 unspecified atom stereocenters. The lowest BCUT2D eigenvalue weighted by atomic mass is 9.71. The van der Waals surface area contributed by atoms with Gasteiger partial charge in [-0.2, -0.15) is 0 Å². The Hall–Kier alpha value is -1.26. The minimum absolute atomic E-state index is 0.0337. The molecule has 20 heavy (non-hydrogen) atoms. The van der Waals surface area contributed by atoms with Crippen molar-refractivity contribution in [3.05, 3.63) is 69.7 Å². The molecule has 0 spiro atoms. The molecule has 0 atom stereocenters. The molecule has 1 nitrogen and oxygen atoms in total. The lowest BCUT2D eigenvalue weighted by molar-refractivity contribution is 0.274. The van der Waals surface area contributed by atoms with E-state index >= 15 is 0 Å². The van der Waals surface area contributed by atoms with Crippen molar-refractivity contribution in [1.29, 1.82) is 0 Å². The van der Waals surface area contributed by atoms with E-state index in [0.29, 0.717) is 6.42 Å². The normalized spacial score (nSPS) is 16.8. The molecule has 1 fully saturated rings. The van der Waals surface area contributed by atoms with Crippen molar-refractivity contribution in [3.8, 4) is 0 Å². The van der Waals surface area contributed by atoms with Gasteiger partial charge in [0.05, 0.1) is 0 Å². The second-order valence-corrected chi connectivity index (χ2v) is 6.24. The molecule has 0 amide bonds. The smallest absolute Gasteiger partial charge is 0.159 e. The summed E-state index contributed by atoms with van der Waals surface area (Å²) in [4.78, 5) is 0. The van der Waals surface area contributed by atoms with Crippen LogP contribution < -0.4 is 5.32 Å². The molecule has 1 heterocycles. The highest BCUT2D eigenvalue weighted by molar-refractivity contribution is 9.10. The maximum atomic E-state index is 13.3. The van der Waals surface area contributed by atoms with E-state index in [0.717, 1.165) is 23.1 Å². The Labute approximate surface area is 125 Å². The topological polar surface area (TPSA) is 12.0 Å². The van der Waals surface area contributed by atoms with Gasteiger partial charge >= 0.3 is 0 Å². The highest BCUT2D eigenvalue weighted by Gasteiger charge is 2.38. The van der Waals surface area contributed by atoms with Crippen LogP contribution in [0.5, 0.6) is 0 Å². The van der Waals surface area contributed by atoms with E-state index in [2.05, 4.69) is 33.4 Å². The zero-order valence-electron chi connectivity index (χ0n) is 10.8. The predicted octanol–water partition coefficient (Wildman–Crippen LogP) is 3.81. The Morgan fingerprint density at radius 3 is 2.45 bits per heavy atom. The van der Waals surface area contributed by atoms with Crippen LogP contribution in [0.25, 0.3) is 0 Å². The fourth-order valence-corrected chi connectivity index (χ4v) is 3.12. The number of benzene rings is 2. The first-order valence-corrected chi connectivity index (χ1v) is 7.29. The molecule has 3 rings (SSSR count). The van der Waals surface area contributed by atoms with Gasteiger partial charge in [0.25, 0.3) is 0 Å². The quantitative estimate of drug-likeness (QED) is 0.897. The van der Waals surface area contributed by atoms with Crippen molar-refractivity contribution in [1.82, 2.24) is 5.32 Å². The molecule has 1 N–H and O–H groups in total. The van der Waals surface area contributed by atoms with Gasteiger partial charge in [-0.3, -0.25) is 0 Å². The number of nitrogens with one attached hydrogen (secondary N) is 1. The van der Waals surface area contributed by atoms with Gasteiger partial charge in [-0.15, -0.1) is 0 Å². The summed E-state index contributed by atoms with van der Waals surface area (Å²) in [6, 6.07) is 12.3. The first kappa shape index (κ1) is 13.7. The average Bonchev–Trinajstić information content (AvgIpc) is 2.38. The van der Waals surface area contributed by atoms with E-state index < -0.39 is 11.6 Å². The summed E-state index contributed by atoms with van der Waals surface area (Å²) >= 11 is 3.48. The Kier molecular flexibility index (Phi) is 3.61. The van der Waals surface area contributed by atoms with Crippen LogP contribution in [-0.2, 0) is 11.8 Å². The van der Waals surface area contributed by atoms with Crippen LogP contribution in [-0.4, -0.2) is 13.1 Å². The summed E-state index contributed by atoms with van der Waals surface area (Å²) in [5.74, 6) is -1.57. The first-order valence-electron chi connectivity index (χ1n) is 6.50. The molecule has 104 valence electrons. The minimum atomic E-state index is -0.794. The molecule has 0 bridgehead atoms. The zero-order valence-corrected chi connectivity index (χ0v) is 12.4. The monoisotopic (exact) mass is 337 g/mol. The molecule has 2 aromatic rings. The van der Waals surface area contributed by atoms with Gasteiger partial charge in [0.15, 0.2) is 11.6 Å². The highest BCUT2D eigenvalue weighted by atomic mass is 79.9. The van der Waals surface area contributed by atoms with Crippen LogP contribution in [0.1, 0.15) is 11.1 Å². The fraction of sp³-hybridized carbons (Fsp3) is 0.250. The molecular weight excluding hydrogens is 324 g/mol. The number of halogens is 3. The van der Waals surface area contributed by atoms with Crippen LogP contribution in [0.2, 0.25) is 0 Å². The highest BCUT2D eigenvalue weighted by Crippen LogP contribution is 2.34. The summed E-state index contributed by atoms with van der Waals surface area (Å²) < 4.78 is 27.4. The van der Waals surface area contributed by atoms with Crippen molar-refractivity contribution in [2.45, 2.75) is 11.8 Å². The molecule has 1 saturated heterocycles. The third kappa shape index (κ3) is 2.50. The molecule has 4 heteroatoms. The summed E-state index contributed by atoms with van der Waals surface area (Å²) in [5, 5.41) is 3.28. The van der Waals surface area contributed by atoms with Crippen LogP contribution >= 0.6 is 15.9 Å². The van der Waals surface area contributed by atoms with Gasteiger partial charge < -0.3 is 5.32 Å². The molecule has 0 aliphatic carbocycles. The van der Waals surface area contributed by atoms with Gasteiger partial charge in [-0.25, -0.2) is 8.78 Å². The third-order valence-electron chi connectivity index (χ3n) is 3.89. The zero-order chi connectivity index (χ0) is 14.2. The minimum Gasteiger partial charge on any atom is -0.315 e. The average molecular weight is 338 g/mol. The van der Waals surface area contributed by atoms with Crippen molar-refractivity contribution >= 4 is 15.9 Å². The molecule has 0 saturated carbocycles. The number of hydrogen-bond acceptors (Lipinski definition) is 1. The van der Waals surface area contributed by atoms with Gasteiger partial charge in [0.1, 0.15) is 0 Å². The van der Waals surface area contributed by atoms with Crippen LogP contribution in [0.15, 0.2) is 46.9 Å². The van der Waals surface area contributed by atoms with Crippen molar-refractivity contribution in [3.63, 3.8) is 0 Å². The van der Waals surface area contributed by atoms with Gasteiger partial charge in [-0.05, 0) is 41.8 Å². The Balaban J connectivity index is 1.91. The van der Waals surface area contributed by atoms with Crippen LogP contribution in [0.4, 0.5) is 8.78 Å². The van der Waals surface area contributed by atoms with Crippen LogP contribution in [0.3, 0.4) is 0 Å². The lowest BCUT2D eigenvalue weighted by Crippen LogP contribution is -2.58.